The molecule has 0 N–H and O–H groups in total. The van der Waals surface area contributed by atoms with Gasteiger partial charge in [-0.2, -0.15) is 5.10 Å². The Labute approximate surface area is 170 Å². The lowest BCUT2D eigenvalue weighted by Crippen LogP contribution is -2.16. The molecule has 2 aromatic heterocycles. The fraction of sp³-hybridized carbons (Fsp3) is 0.150. The van der Waals surface area contributed by atoms with Gasteiger partial charge in [-0.05, 0) is 24.3 Å². The molecule has 0 saturated heterocycles. The molecule has 142 valence electrons. The van der Waals surface area contributed by atoms with Gasteiger partial charge in [-0.25, -0.2) is 9.78 Å². The van der Waals surface area contributed by atoms with Crippen molar-refractivity contribution in [3.8, 4) is 0 Å². The largest absolute Gasteiger partial charge is 0.422 e. The first-order valence-corrected chi connectivity index (χ1v) is 9.26. The summed E-state index contributed by atoms with van der Waals surface area (Å²) in [7, 11) is 0. The lowest BCUT2D eigenvalue weighted by Gasteiger charge is -2.19. The zero-order valence-corrected chi connectivity index (χ0v) is 16.1. The molecular weight excluding hydrogens is 401 g/mol. The van der Waals surface area contributed by atoms with Crippen molar-refractivity contribution in [2.45, 2.75) is 19.3 Å². The van der Waals surface area contributed by atoms with E-state index in [9.17, 15) is 4.79 Å². The molecule has 0 aliphatic carbocycles. The van der Waals surface area contributed by atoms with Crippen LogP contribution in [0.4, 0.5) is 0 Å². The van der Waals surface area contributed by atoms with Crippen molar-refractivity contribution in [2.75, 3.05) is 0 Å². The average Bonchev–Trinajstić information content (AvgIpc) is 3.18. The molecule has 1 atom stereocenters. The highest BCUT2D eigenvalue weighted by atomic mass is 35.5. The van der Waals surface area contributed by atoms with Crippen LogP contribution in [0.2, 0.25) is 10.0 Å². The minimum absolute atomic E-state index is 0.0610. The molecular formula is C20H15Cl2N3O3. The Kier molecular flexibility index (Phi) is 5.43. The number of nitrogens with zero attached hydrogens (tertiary/aromatic N) is 3. The zero-order chi connectivity index (χ0) is 19.5. The SMILES string of the molecule is O=c1oc2ccccc2cc1COC(Cn1cncn1)c1ccc(Cl)cc1Cl. The van der Waals surface area contributed by atoms with Crippen LogP contribution < -0.4 is 5.63 Å². The van der Waals surface area contributed by atoms with Crippen LogP contribution in [-0.2, 0) is 17.9 Å². The van der Waals surface area contributed by atoms with E-state index in [0.717, 1.165) is 10.9 Å². The van der Waals surface area contributed by atoms with Crippen LogP contribution in [0.1, 0.15) is 17.2 Å². The molecule has 0 amide bonds. The summed E-state index contributed by atoms with van der Waals surface area (Å²) in [5, 5.41) is 5.96. The first-order valence-electron chi connectivity index (χ1n) is 8.51. The van der Waals surface area contributed by atoms with Crippen molar-refractivity contribution in [2.24, 2.45) is 0 Å². The van der Waals surface area contributed by atoms with Crippen LogP contribution >= 0.6 is 23.2 Å². The van der Waals surface area contributed by atoms with Gasteiger partial charge in [0.2, 0.25) is 0 Å². The van der Waals surface area contributed by atoms with E-state index in [0.29, 0.717) is 27.7 Å². The molecule has 2 heterocycles. The third-order valence-corrected chi connectivity index (χ3v) is 4.84. The lowest BCUT2D eigenvalue weighted by atomic mass is 10.1. The molecule has 4 rings (SSSR count). The van der Waals surface area contributed by atoms with Gasteiger partial charge >= 0.3 is 5.63 Å². The second kappa shape index (κ2) is 8.14. The molecule has 0 spiro atoms. The van der Waals surface area contributed by atoms with E-state index < -0.39 is 11.7 Å². The molecule has 0 aliphatic heterocycles. The highest BCUT2D eigenvalue weighted by Gasteiger charge is 2.18. The molecule has 1 unspecified atom stereocenters. The number of fused-ring (bicyclic) bond motifs is 1. The predicted octanol–water partition coefficient (Wildman–Crippen LogP) is 4.65. The van der Waals surface area contributed by atoms with E-state index >= 15 is 0 Å². The minimum atomic E-state index is -0.461. The van der Waals surface area contributed by atoms with E-state index in [1.165, 1.54) is 6.33 Å². The summed E-state index contributed by atoms with van der Waals surface area (Å²) in [5.74, 6) is 0. The highest BCUT2D eigenvalue weighted by Crippen LogP contribution is 2.30. The third-order valence-electron chi connectivity index (χ3n) is 4.28. The Morgan fingerprint density at radius 2 is 2.00 bits per heavy atom. The van der Waals surface area contributed by atoms with Crippen molar-refractivity contribution in [1.29, 1.82) is 0 Å². The molecule has 0 radical (unpaired) electrons. The summed E-state index contributed by atoms with van der Waals surface area (Å²) in [6, 6.07) is 14.3. The molecule has 2 aromatic carbocycles. The first kappa shape index (κ1) is 18.7. The normalized spacial score (nSPS) is 12.4. The predicted molar refractivity (Wildman–Crippen MR) is 106 cm³/mol. The maximum Gasteiger partial charge on any atom is 0.341 e. The molecule has 8 heteroatoms. The number of rotatable bonds is 6. The number of hydrogen-bond acceptors (Lipinski definition) is 5. The van der Waals surface area contributed by atoms with Crippen LogP contribution in [0.15, 0.2) is 70.4 Å². The number of ether oxygens (including phenoxy) is 1. The summed E-state index contributed by atoms with van der Waals surface area (Å²) in [6.07, 6.45) is 2.57. The van der Waals surface area contributed by atoms with Gasteiger partial charge in [0.1, 0.15) is 24.3 Å². The number of para-hydroxylation sites is 1. The molecule has 0 saturated carbocycles. The number of halogens is 2. The van der Waals surface area contributed by atoms with Crippen LogP contribution in [-0.4, -0.2) is 14.8 Å². The summed E-state index contributed by atoms with van der Waals surface area (Å²) in [5.41, 5.74) is 1.27. The van der Waals surface area contributed by atoms with Gasteiger partial charge < -0.3 is 9.15 Å². The van der Waals surface area contributed by atoms with Gasteiger partial charge in [0, 0.05) is 21.0 Å². The van der Waals surface area contributed by atoms with Crippen LogP contribution in [0, 0.1) is 0 Å². The Balaban J connectivity index is 1.62. The number of hydrogen-bond donors (Lipinski definition) is 0. The van der Waals surface area contributed by atoms with Gasteiger partial charge in [0.05, 0.1) is 18.7 Å². The van der Waals surface area contributed by atoms with Crippen molar-refractivity contribution >= 4 is 34.2 Å². The fourth-order valence-corrected chi connectivity index (χ4v) is 3.43. The monoisotopic (exact) mass is 415 g/mol. The second-order valence-electron chi connectivity index (χ2n) is 6.18. The lowest BCUT2D eigenvalue weighted by molar-refractivity contribution is 0.0245. The molecule has 28 heavy (non-hydrogen) atoms. The van der Waals surface area contributed by atoms with Crippen LogP contribution in [0.5, 0.6) is 0 Å². The Bertz CT molecular complexity index is 1160. The van der Waals surface area contributed by atoms with E-state index in [1.807, 2.05) is 18.2 Å². The summed E-state index contributed by atoms with van der Waals surface area (Å²) >= 11 is 12.4. The summed E-state index contributed by atoms with van der Waals surface area (Å²) in [4.78, 5) is 16.2. The standard InChI is InChI=1S/C20H15Cl2N3O3/c21-15-5-6-16(17(22)8-15)19(9-25-12-23-11-24-25)27-10-14-7-13-3-1-2-4-18(13)28-20(14)26/h1-8,11-12,19H,9-10H2. The topological polar surface area (TPSA) is 70.2 Å². The molecule has 4 aromatic rings. The molecule has 0 aliphatic rings. The average molecular weight is 416 g/mol. The molecule has 0 bridgehead atoms. The van der Waals surface area contributed by atoms with Gasteiger partial charge in [0.15, 0.2) is 0 Å². The molecule has 6 nitrogen and oxygen atoms in total. The zero-order valence-electron chi connectivity index (χ0n) is 14.6. The number of benzene rings is 2. The van der Waals surface area contributed by atoms with Crippen molar-refractivity contribution in [1.82, 2.24) is 14.8 Å². The second-order valence-corrected chi connectivity index (χ2v) is 7.02. The van der Waals surface area contributed by atoms with Gasteiger partial charge in [-0.1, -0.05) is 47.5 Å². The maximum atomic E-state index is 12.3. The van der Waals surface area contributed by atoms with Gasteiger partial charge in [0.25, 0.3) is 0 Å². The van der Waals surface area contributed by atoms with Crippen molar-refractivity contribution in [3.05, 3.63) is 92.8 Å². The van der Waals surface area contributed by atoms with Gasteiger partial charge in [-0.3, -0.25) is 4.68 Å². The summed E-state index contributed by atoms with van der Waals surface area (Å²) in [6.45, 7) is 0.436. The van der Waals surface area contributed by atoms with E-state index in [-0.39, 0.29) is 6.61 Å². The van der Waals surface area contributed by atoms with Crippen LogP contribution in [0.3, 0.4) is 0 Å². The Morgan fingerprint density at radius 3 is 2.79 bits per heavy atom. The quantitative estimate of drug-likeness (QED) is 0.428. The fourth-order valence-electron chi connectivity index (χ4n) is 2.90. The van der Waals surface area contributed by atoms with E-state index in [1.54, 1.807) is 41.3 Å². The van der Waals surface area contributed by atoms with E-state index in [4.69, 9.17) is 32.4 Å². The summed E-state index contributed by atoms with van der Waals surface area (Å²) < 4.78 is 13.1. The van der Waals surface area contributed by atoms with Crippen molar-refractivity contribution in [3.63, 3.8) is 0 Å². The van der Waals surface area contributed by atoms with Crippen LogP contribution in [0.25, 0.3) is 11.0 Å². The molecule has 0 fully saturated rings. The Morgan fingerprint density at radius 1 is 1.14 bits per heavy atom. The Hall–Kier alpha value is -2.67. The van der Waals surface area contributed by atoms with E-state index in [2.05, 4.69) is 10.1 Å². The van der Waals surface area contributed by atoms with Gasteiger partial charge in [-0.15, -0.1) is 0 Å². The maximum absolute atomic E-state index is 12.3. The third kappa shape index (κ3) is 4.09. The smallest absolute Gasteiger partial charge is 0.341 e. The first-order chi connectivity index (χ1) is 13.6. The number of aromatic nitrogens is 3. The van der Waals surface area contributed by atoms with Crippen molar-refractivity contribution < 1.29 is 9.15 Å². The minimum Gasteiger partial charge on any atom is -0.422 e. The highest BCUT2D eigenvalue weighted by molar-refractivity contribution is 6.35.